The Morgan fingerprint density at radius 3 is 2.79 bits per heavy atom. The lowest BCUT2D eigenvalue weighted by molar-refractivity contribution is 0.419. The molecule has 0 unspecified atom stereocenters. The Bertz CT molecular complexity index is 482. The fourth-order valence-corrected chi connectivity index (χ4v) is 1.64. The molecule has 72 valence electrons. The van der Waals surface area contributed by atoms with Crippen molar-refractivity contribution in [2.45, 2.75) is 6.92 Å². The maximum absolute atomic E-state index is 5.93. The van der Waals surface area contributed by atoms with Crippen molar-refractivity contribution in [2.24, 2.45) is 0 Å². The minimum Gasteiger partial charge on any atom is -0.494 e. The molecular formula is C11H10ClNO. The van der Waals surface area contributed by atoms with Gasteiger partial charge in [-0.05, 0) is 19.1 Å². The maximum atomic E-state index is 5.93. The minimum absolute atomic E-state index is 0.667. The Balaban J connectivity index is 2.81. The van der Waals surface area contributed by atoms with E-state index in [1.807, 2.05) is 25.1 Å². The van der Waals surface area contributed by atoms with Gasteiger partial charge in [0, 0.05) is 22.2 Å². The van der Waals surface area contributed by atoms with Gasteiger partial charge in [0.1, 0.15) is 11.3 Å². The molecule has 2 nitrogen and oxygen atoms in total. The molecule has 2 rings (SSSR count). The van der Waals surface area contributed by atoms with Crippen LogP contribution in [0.5, 0.6) is 5.75 Å². The highest BCUT2D eigenvalue weighted by molar-refractivity contribution is 6.31. The van der Waals surface area contributed by atoms with Gasteiger partial charge in [0.2, 0.25) is 0 Å². The Kier molecular flexibility index (Phi) is 2.30. The van der Waals surface area contributed by atoms with Crippen LogP contribution < -0.4 is 4.74 Å². The van der Waals surface area contributed by atoms with E-state index < -0.39 is 0 Å². The molecule has 0 fully saturated rings. The number of aryl methyl sites for hydroxylation is 1. The standard InChI is InChI=1S/C11H10ClNO/c1-7-3-4-8-5-9(12)6-10(14-2)11(8)13-7/h3-6H,1-2H3. The molecule has 0 saturated carbocycles. The highest BCUT2D eigenvalue weighted by Gasteiger charge is 2.04. The third-order valence-electron chi connectivity index (χ3n) is 2.08. The largest absolute Gasteiger partial charge is 0.494 e. The van der Waals surface area contributed by atoms with Gasteiger partial charge < -0.3 is 4.74 Å². The number of fused-ring (bicyclic) bond motifs is 1. The lowest BCUT2D eigenvalue weighted by atomic mass is 10.2. The summed E-state index contributed by atoms with van der Waals surface area (Å²) in [7, 11) is 1.62. The molecule has 0 aliphatic carbocycles. The van der Waals surface area contributed by atoms with E-state index in [0.29, 0.717) is 5.02 Å². The van der Waals surface area contributed by atoms with Crippen LogP contribution >= 0.6 is 11.6 Å². The number of rotatable bonds is 1. The van der Waals surface area contributed by atoms with Gasteiger partial charge in [-0.3, -0.25) is 0 Å². The van der Waals surface area contributed by atoms with Crippen molar-refractivity contribution in [3.05, 3.63) is 35.0 Å². The van der Waals surface area contributed by atoms with Crippen molar-refractivity contribution >= 4 is 22.5 Å². The van der Waals surface area contributed by atoms with E-state index in [9.17, 15) is 0 Å². The normalized spacial score (nSPS) is 10.5. The van der Waals surface area contributed by atoms with Gasteiger partial charge >= 0.3 is 0 Å². The van der Waals surface area contributed by atoms with Gasteiger partial charge in [0.15, 0.2) is 0 Å². The monoisotopic (exact) mass is 207 g/mol. The van der Waals surface area contributed by atoms with Crippen LogP contribution in [0.4, 0.5) is 0 Å². The number of nitrogens with zero attached hydrogens (tertiary/aromatic N) is 1. The summed E-state index contributed by atoms with van der Waals surface area (Å²) in [5, 5.41) is 1.67. The van der Waals surface area contributed by atoms with Crippen LogP contribution in [-0.4, -0.2) is 12.1 Å². The molecule has 1 aromatic heterocycles. The van der Waals surface area contributed by atoms with Crippen molar-refractivity contribution in [3.63, 3.8) is 0 Å². The van der Waals surface area contributed by atoms with Gasteiger partial charge in [-0.15, -0.1) is 0 Å². The van der Waals surface area contributed by atoms with E-state index >= 15 is 0 Å². The highest BCUT2D eigenvalue weighted by Crippen LogP contribution is 2.28. The first kappa shape index (κ1) is 9.28. The molecule has 0 atom stereocenters. The van der Waals surface area contributed by atoms with Crippen LogP contribution in [0.2, 0.25) is 5.02 Å². The highest BCUT2D eigenvalue weighted by atomic mass is 35.5. The molecule has 0 aliphatic heterocycles. The van der Waals surface area contributed by atoms with Gasteiger partial charge in [-0.1, -0.05) is 17.7 Å². The second kappa shape index (κ2) is 3.46. The van der Waals surface area contributed by atoms with Crippen LogP contribution in [0.15, 0.2) is 24.3 Å². The topological polar surface area (TPSA) is 22.1 Å². The van der Waals surface area contributed by atoms with Gasteiger partial charge in [0.25, 0.3) is 0 Å². The molecule has 3 heteroatoms. The van der Waals surface area contributed by atoms with Gasteiger partial charge in [-0.2, -0.15) is 0 Å². The van der Waals surface area contributed by atoms with Gasteiger partial charge in [-0.25, -0.2) is 4.98 Å². The van der Waals surface area contributed by atoms with E-state index in [1.165, 1.54) is 0 Å². The summed E-state index contributed by atoms with van der Waals surface area (Å²) in [5.74, 6) is 0.719. The molecule has 2 aromatic rings. The average molecular weight is 208 g/mol. The van der Waals surface area contributed by atoms with Crippen LogP contribution in [0.25, 0.3) is 10.9 Å². The number of methoxy groups -OCH3 is 1. The fraction of sp³-hybridized carbons (Fsp3) is 0.182. The molecule has 1 heterocycles. The second-order valence-electron chi connectivity index (χ2n) is 3.13. The molecule has 1 aromatic carbocycles. The molecule has 0 amide bonds. The van der Waals surface area contributed by atoms with E-state index in [2.05, 4.69) is 4.98 Å². The second-order valence-corrected chi connectivity index (χ2v) is 3.57. The van der Waals surface area contributed by atoms with E-state index in [0.717, 1.165) is 22.3 Å². The first-order chi connectivity index (χ1) is 6.70. The number of hydrogen-bond acceptors (Lipinski definition) is 2. The zero-order chi connectivity index (χ0) is 10.1. The van der Waals surface area contributed by atoms with Crippen LogP contribution in [-0.2, 0) is 0 Å². The van der Waals surface area contributed by atoms with Crippen molar-refractivity contribution in [1.29, 1.82) is 0 Å². The van der Waals surface area contributed by atoms with Crippen LogP contribution in [0, 0.1) is 6.92 Å². The molecule has 0 spiro atoms. The average Bonchev–Trinajstić information content (AvgIpc) is 2.17. The summed E-state index contributed by atoms with van der Waals surface area (Å²) in [5.41, 5.74) is 1.83. The molecule has 0 bridgehead atoms. The minimum atomic E-state index is 0.667. The quantitative estimate of drug-likeness (QED) is 0.717. The Morgan fingerprint density at radius 1 is 1.29 bits per heavy atom. The van der Waals surface area contributed by atoms with E-state index in [-0.39, 0.29) is 0 Å². The smallest absolute Gasteiger partial charge is 0.146 e. The number of hydrogen-bond donors (Lipinski definition) is 0. The first-order valence-electron chi connectivity index (χ1n) is 4.31. The summed E-state index contributed by atoms with van der Waals surface area (Å²) in [6.07, 6.45) is 0. The van der Waals surface area contributed by atoms with Crippen LogP contribution in [0.1, 0.15) is 5.69 Å². The summed E-state index contributed by atoms with van der Waals surface area (Å²) in [6.45, 7) is 1.95. The fourth-order valence-electron chi connectivity index (χ4n) is 1.42. The zero-order valence-corrected chi connectivity index (χ0v) is 8.80. The number of aromatic nitrogens is 1. The third kappa shape index (κ3) is 1.53. The maximum Gasteiger partial charge on any atom is 0.146 e. The van der Waals surface area contributed by atoms with Crippen molar-refractivity contribution < 1.29 is 4.74 Å². The Morgan fingerprint density at radius 2 is 2.07 bits per heavy atom. The molecule has 0 N–H and O–H groups in total. The van der Waals surface area contributed by atoms with Crippen molar-refractivity contribution in [1.82, 2.24) is 4.98 Å². The van der Waals surface area contributed by atoms with Crippen molar-refractivity contribution in [3.8, 4) is 5.75 Å². The Labute approximate surface area is 87.5 Å². The predicted molar refractivity (Wildman–Crippen MR) is 58.0 cm³/mol. The predicted octanol–water partition coefficient (Wildman–Crippen LogP) is 3.21. The first-order valence-corrected chi connectivity index (χ1v) is 4.69. The number of ether oxygens (including phenoxy) is 1. The number of benzene rings is 1. The molecule has 0 radical (unpaired) electrons. The summed E-state index contributed by atoms with van der Waals surface area (Å²) >= 11 is 5.93. The summed E-state index contributed by atoms with van der Waals surface area (Å²) in [6, 6.07) is 7.60. The Hall–Kier alpha value is -1.28. The molecule has 14 heavy (non-hydrogen) atoms. The van der Waals surface area contributed by atoms with Crippen molar-refractivity contribution in [2.75, 3.05) is 7.11 Å². The lowest BCUT2D eigenvalue weighted by Gasteiger charge is -2.05. The number of halogens is 1. The van der Waals surface area contributed by atoms with E-state index in [4.69, 9.17) is 16.3 Å². The van der Waals surface area contributed by atoms with Gasteiger partial charge in [0.05, 0.1) is 7.11 Å². The number of pyridine rings is 1. The molecular weight excluding hydrogens is 198 g/mol. The summed E-state index contributed by atoms with van der Waals surface area (Å²) < 4.78 is 5.22. The van der Waals surface area contributed by atoms with Crippen LogP contribution in [0.3, 0.4) is 0 Å². The zero-order valence-electron chi connectivity index (χ0n) is 8.04. The summed E-state index contributed by atoms with van der Waals surface area (Å²) in [4.78, 5) is 4.40. The third-order valence-corrected chi connectivity index (χ3v) is 2.30. The van der Waals surface area contributed by atoms with E-state index in [1.54, 1.807) is 13.2 Å². The molecule has 0 saturated heterocycles. The lowest BCUT2D eigenvalue weighted by Crippen LogP contribution is -1.89. The SMILES string of the molecule is COc1cc(Cl)cc2ccc(C)nc12. The molecule has 0 aliphatic rings.